The first-order valence-corrected chi connectivity index (χ1v) is 8.20. The highest BCUT2D eigenvalue weighted by Gasteiger charge is 2.66. The molecule has 1 atom stereocenters. The van der Waals surface area contributed by atoms with Gasteiger partial charge in [0.1, 0.15) is 0 Å². The first-order valence-electron chi connectivity index (χ1n) is 8.20. The van der Waals surface area contributed by atoms with Crippen molar-refractivity contribution in [3.63, 3.8) is 0 Å². The molecule has 0 aromatic heterocycles. The summed E-state index contributed by atoms with van der Waals surface area (Å²) >= 11 is 0. The maximum Gasteiger partial charge on any atom is 0.325 e. The van der Waals surface area contributed by atoms with Crippen molar-refractivity contribution >= 4 is 11.9 Å². The maximum atomic E-state index is 13.1. The van der Waals surface area contributed by atoms with Crippen LogP contribution in [0.5, 0.6) is 0 Å². The first-order chi connectivity index (χ1) is 10.5. The summed E-state index contributed by atoms with van der Waals surface area (Å²) in [6.45, 7) is 2.05. The zero-order valence-corrected chi connectivity index (χ0v) is 13.2. The van der Waals surface area contributed by atoms with Crippen molar-refractivity contribution in [2.45, 2.75) is 51.0 Å². The van der Waals surface area contributed by atoms with Crippen LogP contribution in [0.1, 0.15) is 48.8 Å². The van der Waals surface area contributed by atoms with Crippen molar-refractivity contribution in [1.29, 1.82) is 0 Å². The minimum absolute atomic E-state index is 0.0660. The fraction of sp³-hybridized carbons (Fsp3) is 0.556. The van der Waals surface area contributed by atoms with Crippen LogP contribution < -0.4 is 5.32 Å². The smallest absolute Gasteiger partial charge is 0.319 e. The number of benzene rings is 1. The Bertz CT molecular complexity index is 676. The molecule has 2 spiro atoms. The van der Waals surface area contributed by atoms with E-state index < -0.39 is 5.54 Å². The maximum absolute atomic E-state index is 13.1. The van der Waals surface area contributed by atoms with E-state index in [-0.39, 0.29) is 17.4 Å². The van der Waals surface area contributed by atoms with E-state index >= 15 is 0 Å². The number of likely N-dealkylation sites (N-methyl/N-ethyl adjacent to an activating group) is 1. The third-order valence-electron chi connectivity index (χ3n) is 6.03. The third-order valence-corrected chi connectivity index (χ3v) is 6.03. The summed E-state index contributed by atoms with van der Waals surface area (Å²) in [6, 6.07) is 6.10. The quantitative estimate of drug-likeness (QED) is 0.749. The molecule has 0 bridgehead atoms. The summed E-state index contributed by atoms with van der Waals surface area (Å²) in [4.78, 5) is 26.7. The van der Waals surface area contributed by atoms with E-state index in [2.05, 4.69) is 23.5 Å². The standard InChI is InChI=1S/C18H22N2O2/c1-12-6-7-13-11-17(8-4-3-5-9-17)18(14(13)10-12)15(21)20(2)16(22)19-18/h6-7,10H,3-5,8-9,11H2,1-2H3,(H,19,22). The Morgan fingerprint density at radius 2 is 1.86 bits per heavy atom. The Morgan fingerprint density at radius 3 is 2.50 bits per heavy atom. The Labute approximate surface area is 130 Å². The van der Waals surface area contributed by atoms with Gasteiger partial charge in [0.2, 0.25) is 0 Å². The molecule has 1 saturated heterocycles. The Morgan fingerprint density at radius 1 is 1.14 bits per heavy atom. The molecule has 1 saturated carbocycles. The minimum atomic E-state index is -0.833. The van der Waals surface area contributed by atoms with Gasteiger partial charge in [-0.1, -0.05) is 43.0 Å². The normalized spacial score (nSPS) is 29.3. The highest BCUT2D eigenvalue weighted by atomic mass is 16.2. The number of rotatable bonds is 0. The fourth-order valence-electron chi connectivity index (χ4n) is 4.94. The summed E-state index contributed by atoms with van der Waals surface area (Å²) in [5.74, 6) is -0.0660. The van der Waals surface area contributed by atoms with Crippen LogP contribution in [0.15, 0.2) is 18.2 Å². The summed E-state index contributed by atoms with van der Waals surface area (Å²) < 4.78 is 0. The Hall–Kier alpha value is -1.84. The Balaban J connectivity index is 1.96. The number of imide groups is 1. The molecule has 1 unspecified atom stereocenters. The number of carbonyl (C=O) groups is 2. The molecule has 4 rings (SSSR count). The topological polar surface area (TPSA) is 49.4 Å². The molecule has 2 fully saturated rings. The molecule has 3 amide bonds. The summed E-state index contributed by atoms with van der Waals surface area (Å²) in [5, 5.41) is 3.11. The summed E-state index contributed by atoms with van der Waals surface area (Å²) in [5.41, 5.74) is 2.44. The second-order valence-electron chi connectivity index (χ2n) is 7.22. The van der Waals surface area contributed by atoms with Crippen LogP contribution in [-0.2, 0) is 16.8 Å². The summed E-state index contributed by atoms with van der Waals surface area (Å²) in [7, 11) is 1.59. The third kappa shape index (κ3) is 1.48. The molecular formula is C18H22N2O2. The lowest BCUT2D eigenvalue weighted by Crippen LogP contribution is -2.55. The Kier molecular flexibility index (Phi) is 2.72. The molecule has 1 aromatic rings. The van der Waals surface area contributed by atoms with Crippen molar-refractivity contribution in [1.82, 2.24) is 10.2 Å². The molecule has 1 N–H and O–H groups in total. The molecule has 4 heteroatoms. The minimum Gasteiger partial charge on any atom is -0.319 e. The van der Waals surface area contributed by atoms with E-state index in [1.807, 2.05) is 6.92 Å². The molecule has 1 aliphatic heterocycles. The number of amides is 3. The molecule has 2 aliphatic carbocycles. The van der Waals surface area contributed by atoms with E-state index in [0.29, 0.717) is 0 Å². The van der Waals surface area contributed by atoms with Crippen LogP contribution >= 0.6 is 0 Å². The average Bonchev–Trinajstić information content (AvgIpc) is 2.90. The largest absolute Gasteiger partial charge is 0.325 e. The van der Waals surface area contributed by atoms with Gasteiger partial charge in [-0.25, -0.2) is 4.79 Å². The average molecular weight is 298 g/mol. The van der Waals surface area contributed by atoms with Gasteiger partial charge in [0.05, 0.1) is 0 Å². The van der Waals surface area contributed by atoms with Gasteiger partial charge in [0.25, 0.3) is 5.91 Å². The van der Waals surface area contributed by atoms with Crippen molar-refractivity contribution in [3.05, 3.63) is 34.9 Å². The second-order valence-corrected chi connectivity index (χ2v) is 7.22. The number of hydrogen-bond donors (Lipinski definition) is 1. The van der Waals surface area contributed by atoms with Gasteiger partial charge in [-0.15, -0.1) is 0 Å². The number of aryl methyl sites for hydroxylation is 1. The SMILES string of the molecule is Cc1ccc2c(c1)C1(NC(=O)N(C)C1=O)C1(CCCCC1)C2. The van der Waals surface area contributed by atoms with Crippen molar-refractivity contribution in [3.8, 4) is 0 Å². The van der Waals surface area contributed by atoms with Crippen LogP contribution in [0, 0.1) is 12.3 Å². The van der Waals surface area contributed by atoms with Crippen LogP contribution in [0.2, 0.25) is 0 Å². The number of carbonyl (C=O) groups excluding carboxylic acids is 2. The van der Waals surface area contributed by atoms with Crippen LogP contribution in [0.3, 0.4) is 0 Å². The van der Waals surface area contributed by atoms with Gasteiger partial charge in [-0.05, 0) is 37.3 Å². The monoisotopic (exact) mass is 298 g/mol. The number of hydrogen-bond acceptors (Lipinski definition) is 2. The van der Waals surface area contributed by atoms with Crippen LogP contribution in [0.25, 0.3) is 0 Å². The van der Waals surface area contributed by atoms with Gasteiger partial charge in [-0.3, -0.25) is 9.69 Å². The summed E-state index contributed by atoms with van der Waals surface area (Å²) in [6.07, 6.45) is 6.44. The van der Waals surface area contributed by atoms with E-state index in [0.717, 1.165) is 43.2 Å². The van der Waals surface area contributed by atoms with Gasteiger partial charge in [0.15, 0.2) is 5.54 Å². The molecule has 3 aliphatic rings. The molecule has 0 radical (unpaired) electrons. The van der Waals surface area contributed by atoms with E-state index in [9.17, 15) is 9.59 Å². The van der Waals surface area contributed by atoms with Gasteiger partial charge in [0, 0.05) is 12.5 Å². The lowest BCUT2D eigenvalue weighted by atomic mass is 9.62. The molecule has 22 heavy (non-hydrogen) atoms. The zero-order chi connectivity index (χ0) is 15.5. The van der Waals surface area contributed by atoms with E-state index in [1.54, 1.807) is 7.05 Å². The predicted octanol–water partition coefficient (Wildman–Crippen LogP) is 2.88. The van der Waals surface area contributed by atoms with Crippen molar-refractivity contribution in [2.75, 3.05) is 7.05 Å². The van der Waals surface area contributed by atoms with Crippen LogP contribution in [-0.4, -0.2) is 23.9 Å². The molecule has 4 nitrogen and oxygen atoms in total. The molecule has 1 aromatic carbocycles. The van der Waals surface area contributed by atoms with Crippen molar-refractivity contribution in [2.24, 2.45) is 5.41 Å². The highest BCUT2D eigenvalue weighted by molar-refractivity contribution is 6.08. The van der Waals surface area contributed by atoms with Crippen LogP contribution in [0.4, 0.5) is 4.79 Å². The van der Waals surface area contributed by atoms with Crippen molar-refractivity contribution < 1.29 is 9.59 Å². The van der Waals surface area contributed by atoms with Gasteiger partial charge in [-0.2, -0.15) is 0 Å². The second kappa shape index (κ2) is 4.34. The number of urea groups is 1. The predicted molar refractivity (Wildman–Crippen MR) is 83.4 cm³/mol. The molecule has 116 valence electrons. The fourth-order valence-corrected chi connectivity index (χ4v) is 4.94. The zero-order valence-electron chi connectivity index (χ0n) is 13.2. The number of fused-ring (bicyclic) bond motifs is 3. The highest BCUT2D eigenvalue weighted by Crippen LogP contribution is 2.59. The number of nitrogens with one attached hydrogen (secondary N) is 1. The van der Waals surface area contributed by atoms with Gasteiger partial charge < -0.3 is 5.32 Å². The lowest BCUT2D eigenvalue weighted by molar-refractivity contribution is -0.136. The van der Waals surface area contributed by atoms with E-state index in [4.69, 9.17) is 0 Å². The molecular weight excluding hydrogens is 276 g/mol. The first kappa shape index (κ1) is 13.8. The van der Waals surface area contributed by atoms with Gasteiger partial charge >= 0.3 is 6.03 Å². The lowest BCUT2D eigenvalue weighted by Gasteiger charge is -2.44. The molecule has 1 heterocycles. The number of nitrogens with zero attached hydrogens (tertiary/aromatic N) is 1. The van der Waals surface area contributed by atoms with E-state index in [1.165, 1.54) is 16.9 Å².